The highest BCUT2D eigenvalue weighted by Gasteiger charge is 2.44. The van der Waals surface area contributed by atoms with Crippen LogP contribution in [0, 0.1) is 5.82 Å². The number of imidazole rings is 1. The molecule has 0 radical (unpaired) electrons. The van der Waals surface area contributed by atoms with Gasteiger partial charge in [-0.05, 0) is 35.4 Å². The van der Waals surface area contributed by atoms with Crippen LogP contribution in [0.3, 0.4) is 0 Å². The van der Waals surface area contributed by atoms with E-state index in [1.165, 1.54) is 24.3 Å². The topological polar surface area (TPSA) is 62.6 Å². The summed E-state index contributed by atoms with van der Waals surface area (Å²) in [6.07, 6.45) is 4.74. The fourth-order valence-corrected chi connectivity index (χ4v) is 4.02. The summed E-state index contributed by atoms with van der Waals surface area (Å²) in [6, 6.07) is 23.4. The number of nitrogens with zero attached hydrogens (tertiary/aromatic N) is 2. The molecule has 34 heavy (non-hydrogen) atoms. The Morgan fingerprint density at radius 3 is 2.47 bits per heavy atom. The van der Waals surface area contributed by atoms with Crippen molar-refractivity contribution in [3.8, 4) is 16.9 Å². The van der Waals surface area contributed by atoms with E-state index in [9.17, 15) is 9.18 Å². The molecule has 0 spiro atoms. The van der Waals surface area contributed by atoms with Crippen molar-refractivity contribution in [2.45, 2.75) is 24.9 Å². The molecule has 5 rings (SSSR count). The summed E-state index contributed by atoms with van der Waals surface area (Å²) in [6.45, 7) is 0.606. The zero-order chi connectivity index (χ0) is 23.4. The van der Waals surface area contributed by atoms with Crippen LogP contribution < -0.4 is 4.74 Å². The molecule has 0 unspecified atom stereocenters. The fourth-order valence-electron chi connectivity index (χ4n) is 4.02. The predicted molar refractivity (Wildman–Crippen MR) is 123 cm³/mol. The van der Waals surface area contributed by atoms with Crippen LogP contribution >= 0.6 is 0 Å². The lowest BCUT2D eigenvalue weighted by Crippen LogP contribution is -2.33. The highest BCUT2D eigenvalue weighted by molar-refractivity contribution is 5.73. The largest absolute Gasteiger partial charge is 0.426 e. The Balaban J connectivity index is 1.33. The van der Waals surface area contributed by atoms with Crippen molar-refractivity contribution in [2.24, 2.45) is 0 Å². The molecule has 2 atom stereocenters. The van der Waals surface area contributed by atoms with E-state index in [4.69, 9.17) is 14.2 Å². The number of aromatic nitrogens is 2. The lowest BCUT2D eigenvalue weighted by atomic mass is 10.00. The van der Waals surface area contributed by atoms with Crippen LogP contribution in [0.25, 0.3) is 11.1 Å². The third kappa shape index (κ3) is 4.90. The molecule has 3 aromatic carbocycles. The van der Waals surface area contributed by atoms with E-state index in [0.717, 1.165) is 16.7 Å². The minimum atomic E-state index is -1.07. The predicted octanol–water partition coefficient (Wildman–Crippen LogP) is 4.95. The number of ether oxygens (including phenoxy) is 3. The molecule has 1 aliphatic heterocycles. The third-order valence-corrected chi connectivity index (χ3v) is 5.68. The number of rotatable bonds is 7. The van der Waals surface area contributed by atoms with Gasteiger partial charge in [-0.1, -0.05) is 54.6 Å². The first-order valence-corrected chi connectivity index (χ1v) is 11.0. The Kier molecular flexibility index (Phi) is 6.20. The van der Waals surface area contributed by atoms with Gasteiger partial charge in [-0.15, -0.1) is 0 Å². The molecule has 0 amide bonds. The van der Waals surface area contributed by atoms with E-state index in [1.54, 1.807) is 12.5 Å². The van der Waals surface area contributed by atoms with Gasteiger partial charge in [0, 0.05) is 18.0 Å². The average Bonchev–Trinajstić information content (AvgIpc) is 3.52. The van der Waals surface area contributed by atoms with E-state index in [2.05, 4.69) is 17.1 Å². The van der Waals surface area contributed by atoms with Crippen molar-refractivity contribution >= 4 is 5.97 Å². The van der Waals surface area contributed by atoms with Gasteiger partial charge in [-0.25, -0.2) is 9.37 Å². The Morgan fingerprint density at radius 1 is 1.03 bits per heavy atom. The van der Waals surface area contributed by atoms with Crippen LogP contribution in [0.1, 0.15) is 12.0 Å². The molecule has 1 aromatic heterocycles. The molecule has 7 heteroatoms. The first kappa shape index (κ1) is 22.0. The molecule has 172 valence electrons. The number of hydrogen-bond donors (Lipinski definition) is 0. The summed E-state index contributed by atoms with van der Waals surface area (Å²) in [5, 5.41) is 0. The number of carbonyl (C=O) groups is 1. The van der Waals surface area contributed by atoms with Crippen molar-refractivity contribution < 1.29 is 23.4 Å². The monoisotopic (exact) mass is 458 g/mol. The quantitative estimate of drug-likeness (QED) is 0.290. The van der Waals surface area contributed by atoms with Gasteiger partial charge < -0.3 is 18.8 Å². The molecule has 6 nitrogen and oxygen atoms in total. The molecular weight excluding hydrogens is 435 g/mol. The number of carbonyl (C=O) groups excluding carboxylic acids is 1. The normalized spacial score (nSPS) is 19.7. The third-order valence-electron chi connectivity index (χ3n) is 5.68. The molecule has 0 aliphatic carbocycles. The van der Waals surface area contributed by atoms with Crippen molar-refractivity contribution in [3.63, 3.8) is 0 Å². The van der Waals surface area contributed by atoms with Crippen LogP contribution in [0.4, 0.5) is 4.39 Å². The Hall–Kier alpha value is -3.81. The average molecular weight is 458 g/mol. The summed E-state index contributed by atoms with van der Waals surface area (Å²) in [5.41, 5.74) is 3.04. The minimum Gasteiger partial charge on any atom is -0.426 e. The summed E-state index contributed by atoms with van der Waals surface area (Å²) in [5.74, 6) is -1.66. The lowest BCUT2D eigenvalue weighted by molar-refractivity contribution is -0.188. The van der Waals surface area contributed by atoms with Gasteiger partial charge in [0.05, 0.1) is 32.0 Å². The molecule has 2 heterocycles. The second kappa shape index (κ2) is 9.59. The Bertz CT molecular complexity index is 1230. The molecule has 1 aliphatic rings. The van der Waals surface area contributed by atoms with Crippen molar-refractivity contribution in [1.29, 1.82) is 0 Å². The summed E-state index contributed by atoms with van der Waals surface area (Å²) in [4.78, 5) is 16.6. The zero-order valence-electron chi connectivity index (χ0n) is 18.3. The highest BCUT2D eigenvalue weighted by atomic mass is 19.1. The van der Waals surface area contributed by atoms with Crippen molar-refractivity contribution in [1.82, 2.24) is 9.55 Å². The molecule has 0 N–H and O–H groups in total. The highest BCUT2D eigenvalue weighted by Crippen LogP contribution is 2.38. The first-order chi connectivity index (χ1) is 16.6. The van der Waals surface area contributed by atoms with Crippen molar-refractivity contribution in [3.05, 3.63) is 109 Å². The minimum absolute atomic E-state index is 0.00511. The van der Waals surface area contributed by atoms with Crippen LogP contribution in [-0.4, -0.2) is 28.2 Å². The standard InChI is InChI=1S/C27H23FN2O4/c28-23-10-12-24(13-11-23)33-26(31)16-25-17-32-27(34-25,18-30-15-14-29-19-30)22-8-6-21(7-9-22)20-4-2-1-3-5-20/h1-15,19,25H,16-18H2/t25-,27-/m0/s1. The maximum absolute atomic E-state index is 13.1. The SMILES string of the molecule is O=C(C[C@H]1CO[C@](Cn2ccnc2)(c2ccc(-c3ccccc3)cc2)O1)Oc1ccc(F)cc1. The number of hydrogen-bond acceptors (Lipinski definition) is 5. The molecule has 1 saturated heterocycles. The van der Waals surface area contributed by atoms with Gasteiger partial charge in [0.2, 0.25) is 5.79 Å². The van der Waals surface area contributed by atoms with E-state index < -0.39 is 23.7 Å². The Morgan fingerprint density at radius 2 is 1.76 bits per heavy atom. The maximum atomic E-state index is 13.1. The number of benzene rings is 3. The number of esters is 1. The molecule has 4 aromatic rings. The second-order valence-corrected chi connectivity index (χ2v) is 8.11. The zero-order valence-corrected chi connectivity index (χ0v) is 18.3. The van der Waals surface area contributed by atoms with Gasteiger partial charge in [-0.2, -0.15) is 0 Å². The van der Waals surface area contributed by atoms with Crippen LogP contribution in [0.2, 0.25) is 0 Å². The summed E-state index contributed by atoms with van der Waals surface area (Å²) in [7, 11) is 0. The van der Waals surface area contributed by atoms with Crippen LogP contribution in [-0.2, 0) is 26.6 Å². The van der Waals surface area contributed by atoms with Crippen LogP contribution in [0.5, 0.6) is 5.75 Å². The molecule has 1 fully saturated rings. The summed E-state index contributed by atoms with van der Waals surface area (Å²) < 4.78 is 32.8. The van der Waals surface area contributed by atoms with E-state index >= 15 is 0 Å². The molecule has 0 saturated carbocycles. The lowest BCUT2D eigenvalue weighted by Gasteiger charge is -2.29. The fraction of sp³-hybridized carbons (Fsp3) is 0.185. The molecule has 0 bridgehead atoms. The van der Waals surface area contributed by atoms with Gasteiger partial charge in [0.15, 0.2) is 0 Å². The van der Waals surface area contributed by atoms with E-state index in [-0.39, 0.29) is 18.8 Å². The van der Waals surface area contributed by atoms with E-state index in [1.807, 2.05) is 53.2 Å². The molecular formula is C27H23FN2O4. The van der Waals surface area contributed by atoms with Gasteiger partial charge in [-0.3, -0.25) is 4.79 Å². The van der Waals surface area contributed by atoms with Gasteiger partial charge in [0.25, 0.3) is 0 Å². The van der Waals surface area contributed by atoms with Gasteiger partial charge in [0.1, 0.15) is 11.6 Å². The Labute approximate surface area is 196 Å². The van der Waals surface area contributed by atoms with Crippen molar-refractivity contribution in [2.75, 3.05) is 6.61 Å². The maximum Gasteiger partial charge on any atom is 0.313 e. The first-order valence-electron chi connectivity index (χ1n) is 11.0. The summed E-state index contributed by atoms with van der Waals surface area (Å²) >= 11 is 0. The van der Waals surface area contributed by atoms with Gasteiger partial charge >= 0.3 is 5.97 Å². The van der Waals surface area contributed by atoms with E-state index in [0.29, 0.717) is 6.54 Å². The number of halogens is 1. The van der Waals surface area contributed by atoms with Crippen LogP contribution in [0.15, 0.2) is 97.6 Å². The smallest absolute Gasteiger partial charge is 0.313 e. The second-order valence-electron chi connectivity index (χ2n) is 8.11.